The molecule has 0 fully saturated rings. The molecule has 3 aromatic heterocycles. The minimum Gasteiger partial charge on any atom is -0.348 e. The molecule has 0 saturated heterocycles. The van der Waals surface area contributed by atoms with Crippen molar-refractivity contribution in [2.24, 2.45) is 0 Å². The Balaban J connectivity index is 2.16. The predicted molar refractivity (Wildman–Crippen MR) is 100 cm³/mol. The van der Waals surface area contributed by atoms with Crippen LogP contribution in [-0.2, 0) is 5.41 Å². The van der Waals surface area contributed by atoms with Gasteiger partial charge in [-0.2, -0.15) is 0 Å². The van der Waals surface area contributed by atoms with Gasteiger partial charge in [-0.3, -0.25) is 9.59 Å². The van der Waals surface area contributed by atoms with Gasteiger partial charge in [-0.05, 0) is 36.1 Å². The summed E-state index contributed by atoms with van der Waals surface area (Å²) >= 11 is 1.52. The lowest BCUT2D eigenvalue weighted by Crippen LogP contribution is -2.46. The van der Waals surface area contributed by atoms with Crippen molar-refractivity contribution in [3.8, 4) is 0 Å². The van der Waals surface area contributed by atoms with Crippen molar-refractivity contribution in [1.29, 1.82) is 0 Å². The van der Waals surface area contributed by atoms with E-state index in [4.69, 9.17) is 0 Å². The van der Waals surface area contributed by atoms with Gasteiger partial charge < -0.3 is 15.0 Å². The Bertz CT molecular complexity index is 1140. The molecule has 0 saturated carbocycles. The fourth-order valence-corrected chi connectivity index (χ4v) is 3.37. The summed E-state index contributed by atoms with van der Waals surface area (Å²) < 4.78 is 0. The first-order chi connectivity index (χ1) is 11.8. The van der Waals surface area contributed by atoms with E-state index in [2.05, 4.69) is 19.9 Å². The normalized spacial score (nSPS) is 13.6. The van der Waals surface area contributed by atoms with Crippen LogP contribution < -0.4 is 21.8 Å². The van der Waals surface area contributed by atoms with Crippen molar-refractivity contribution in [2.45, 2.75) is 33.1 Å². The van der Waals surface area contributed by atoms with Crippen LogP contribution in [0.15, 0.2) is 27.4 Å². The lowest BCUT2D eigenvalue weighted by atomic mass is 9.90. The van der Waals surface area contributed by atoms with Crippen molar-refractivity contribution in [1.82, 2.24) is 19.9 Å². The fraction of sp³-hybridized carbons (Fsp3) is 0.278. The van der Waals surface area contributed by atoms with Crippen LogP contribution in [0.2, 0.25) is 0 Å². The van der Waals surface area contributed by atoms with Crippen LogP contribution in [0.5, 0.6) is 0 Å². The molecule has 0 amide bonds. The molecule has 0 unspecified atom stereocenters. The second kappa shape index (κ2) is 6.33. The maximum absolute atomic E-state index is 12.4. The molecule has 0 aliphatic heterocycles. The number of nitrogens with one attached hydrogen (secondary N) is 3. The highest BCUT2D eigenvalue weighted by Gasteiger charge is 2.19. The van der Waals surface area contributed by atoms with Crippen molar-refractivity contribution < 1.29 is 0 Å². The number of rotatable bonds is 2. The van der Waals surface area contributed by atoms with Crippen LogP contribution in [0.25, 0.3) is 12.2 Å². The third-order valence-corrected chi connectivity index (χ3v) is 4.83. The molecule has 3 aromatic rings. The van der Waals surface area contributed by atoms with Gasteiger partial charge in [0.05, 0.1) is 12.0 Å². The lowest BCUT2D eigenvalue weighted by Gasteiger charge is -2.16. The molecular weight excluding hydrogens is 336 g/mol. The Morgan fingerprint density at radius 2 is 1.72 bits per heavy atom. The number of nitrogens with zero attached hydrogens (tertiary/aromatic N) is 1. The first kappa shape index (κ1) is 17.2. The number of aryl methyl sites for hydroxylation is 1. The number of aromatic amines is 3. The zero-order valence-electron chi connectivity index (χ0n) is 14.6. The maximum atomic E-state index is 12.4. The summed E-state index contributed by atoms with van der Waals surface area (Å²) in [6.07, 6.45) is 4.87. The number of aromatic nitrogens is 4. The van der Waals surface area contributed by atoms with Gasteiger partial charge in [-0.1, -0.05) is 20.8 Å². The highest BCUT2D eigenvalue weighted by molar-refractivity contribution is 7.11. The Kier molecular flexibility index (Phi) is 4.34. The molecule has 0 bridgehead atoms. The summed E-state index contributed by atoms with van der Waals surface area (Å²) in [5.41, 5.74) is 1.75. The Labute approximate surface area is 148 Å². The minimum atomic E-state index is -0.358. The van der Waals surface area contributed by atoms with Crippen LogP contribution in [0, 0.1) is 6.92 Å². The highest BCUT2D eigenvalue weighted by Crippen LogP contribution is 2.22. The first-order valence-corrected chi connectivity index (χ1v) is 8.77. The second-order valence-electron chi connectivity index (χ2n) is 6.90. The van der Waals surface area contributed by atoms with Gasteiger partial charge in [-0.25, -0.2) is 4.98 Å². The monoisotopic (exact) mass is 356 g/mol. The number of H-pyrrole nitrogens is 3. The molecule has 0 atom stereocenters. The van der Waals surface area contributed by atoms with Gasteiger partial charge in [0.1, 0.15) is 10.7 Å². The Morgan fingerprint density at radius 3 is 2.28 bits per heavy atom. The van der Waals surface area contributed by atoms with Crippen LogP contribution in [0.1, 0.15) is 42.6 Å². The number of thiophene rings is 1. The van der Waals surface area contributed by atoms with Gasteiger partial charge in [0, 0.05) is 16.0 Å². The van der Waals surface area contributed by atoms with E-state index in [1.54, 1.807) is 18.5 Å². The van der Waals surface area contributed by atoms with E-state index in [1.807, 2.05) is 39.1 Å². The van der Waals surface area contributed by atoms with Crippen molar-refractivity contribution in [3.63, 3.8) is 0 Å². The van der Waals surface area contributed by atoms with Gasteiger partial charge >= 0.3 is 0 Å². The number of imidazole rings is 1. The number of hydrogen-bond acceptors (Lipinski definition) is 4. The zero-order valence-corrected chi connectivity index (χ0v) is 15.4. The Hall–Kier alpha value is -2.67. The summed E-state index contributed by atoms with van der Waals surface area (Å²) in [5.74, 6) is 0. The lowest BCUT2D eigenvalue weighted by molar-refractivity contribution is 0.571. The van der Waals surface area contributed by atoms with E-state index in [1.165, 1.54) is 11.3 Å². The van der Waals surface area contributed by atoms with E-state index in [-0.39, 0.29) is 27.2 Å². The molecular formula is C18H20N4O2S. The van der Waals surface area contributed by atoms with E-state index in [9.17, 15) is 9.59 Å². The minimum absolute atomic E-state index is 0.153. The molecule has 130 valence electrons. The van der Waals surface area contributed by atoms with E-state index in [0.717, 1.165) is 16.1 Å². The highest BCUT2D eigenvalue weighted by atomic mass is 32.1. The average molecular weight is 356 g/mol. The SMILES string of the molecule is Cc1ccsc1/C=c1/[nH]c(=O)/c(=C\c2nc[nH]c2C(C)(C)C)[nH]c1=O. The molecule has 0 spiro atoms. The average Bonchev–Trinajstić information content (AvgIpc) is 3.13. The molecule has 0 aromatic carbocycles. The topological polar surface area (TPSA) is 94.4 Å². The molecule has 6 nitrogen and oxygen atoms in total. The predicted octanol–water partition coefficient (Wildman–Crippen LogP) is 1.11. The van der Waals surface area contributed by atoms with Gasteiger partial charge in [-0.15, -0.1) is 11.3 Å². The van der Waals surface area contributed by atoms with Crippen LogP contribution in [0.4, 0.5) is 0 Å². The Morgan fingerprint density at radius 1 is 1.08 bits per heavy atom. The zero-order chi connectivity index (χ0) is 18.2. The molecule has 3 N–H and O–H groups in total. The summed E-state index contributed by atoms with van der Waals surface area (Å²) in [4.78, 5) is 38.3. The second-order valence-corrected chi connectivity index (χ2v) is 7.85. The summed E-state index contributed by atoms with van der Waals surface area (Å²) in [6.45, 7) is 8.10. The fourth-order valence-electron chi connectivity index (χ4n) is 2.51. The quantitative estimate of drug-likeness (QED) is 0.642. The van der Waals surface area contributed by atoms with Crippen molar-refractivity contribution in [2.75, 3.05) is 0 Å². The van der Waals surface area contributed by atoms with Crippen molar-refractivity contribution >= 4 is 23.5 Å². The summed E-state index contributed by atoms with van der Waals surface area (Å²) in [5, 5.41) is 2.37. The van der Waals surface area contributed by atoms with Gasteiger partial charge in [0.2, 0.25) is 0 Å². The molecule has 7 heteroatoms. The van der Waals surface area contributed by atoms with E-state index in [0.29, 0.717) is 5.69 Å². The largest absolute Gasteiger partial charge is 0.348 e. The molecule has 0 radical (unpaired) electrons. The van der Waals surface area contributed by atoms with Gasteiger partial charge in [0.25, 0.3) is 11.1 Å². The smallest absolute Gasteiger partial charge is 0.272 e. The summed E-state index contributed by atoms with van der Waals surface area (Å²) in [7, 11) is 0. The van der Waals surface area contributed by atoms with Crippen LogP contribution in [0.3, 0.4) is 0 Å². The maximum Gasteiger partial charge on any atom is 0.272 e. The van der Waals surface area contributed by atoms with Gasteiger partial charge in [0.15, 0.2) is 0 Å². The molecule has 3 rings (SSSR count). The first-order valence-electron chi connectivity index (χ1n) is 7.90. The third kappa shape index (κ3) is 3.56. The molecule has 25 heavy (non-hydrogen) atoms. The van der Waals surface area contributed by atoms with Crippen molar-refractivity contribution in [3.05, 3.63) is 71.0 Å². The number of hydrogen-bond donors (Lipinski definition) is 3. The standard InChI is InChI=1S/C18H20N4O2S/c1-10-5-6-25-14(10)8-13-17(24)21-12(16(23)22-13)7-11-15(18(2,3)4)20-9-19-11/h5-9H,1-4H3,(H,19,20)(H,21,24)(H,22,23)/b12-7+,13-8+. The van der Waals surface area contributed by atoms with E-state index >= 15 is 0 Å². The van der Waals surface area contributed by atoms with Crippen LogP contribution in [-0.4, -0.2) is 19.9 Å². The molecule has 3 heterocycles. The molecule has 0 aliphatic carbocycles. The third-order valence-electron chi connectivity index (χ3n) is 3.86. The summed E-state index contributed by atoms with van der Waals surface area (Å²) in [6, 6.07) is 1.97. The van der Waals surface area contributed by atoms with E-state index < -0.39 is 0 Å². The van der Waals surface area contributed by atoms with Crippen LogP contribution >= 0.6 is 11.3 Å². The molecule has 0 aliphatic rings.